The number of anilines is 1. The van der Waals surface area contributed by atoms with E-state index in [1.807, 2.05) is 44.2 Å². The van der Waals surface area contributed by atoms with E-state index < -0.39 is 0 Å². The third-order valence-corrected chi connectivity index (χ3v) is 3.61. The van der Waals surface area contributed by atoms with Gasteiger partial charge in [-0.25, -0.2) is 4.98 Å². The zero-order chi connectivity index (χ0) is 13.0. The fourth-order valence-corrected chi connectivity index (χ4v) is 2.53. The maximum Gasteiger partial charge on any atom is 0.233 e. The molecule has 3 nitrogen and oxygen atoms in total. The van der Waals surface area contributed by atoms with Crippen LogP contribution in [0.25, 0.3) is 0 Å². The molecule has 1 atom stereocenters. The van der Waals surface area contributed by atoms with E-state index in [9.17, 15) is 4.79 Å². The SMILES string of the molecule is CC[C@H](C(=O)Nc1ncc(C)s1)c1ccccc1. The Morgan fingerprint density at radius 2 is 2.11 bits per heavy atom. The lowest BCUT2D eigenvalue weighted by Crippen LogP contribution is -2.20. The molecule has 4 heteroatoms. The number of hydrogen-bond donors (Lipinski definition) is 1. The molecule has 0 aliphatic carbocycles. The molecule has 0 radical (unpaired) electrons. The van der Waals surface area contributed by atoms with Crippen molar-refractivity contribution in [1.29, 1.82) is 0 Å². The van der Waals surface area contributed by atoms with Crippen LogP contribution in [-0.4, -0.2) is 10.9 Å². The molecule has 0 unspecified atom stereocenters. The minimum absolute atomic E-state index is 0.0121. The second-order valence-corrected chi connectivity index (χ2v) is 5.37. The zero-order valence-corrected chi connectivity index (χ0v) is 11.3. The van der Waals surface area contributed by atoms with Crippen LogP contribution < -0.4 is 5.32 Å². The average Bonchev–Trinajstić information content (AvgIpc) is 2.77. The van der Waals surface area contributed by atoms with Crippen LogP contribution in [0.1, 0.15) is 29.7 Å². The fraction of sp³-hybridized carbons (Fsp3) is 0.286. The van der Waals surface area contributed by atoms with Crippen LogP contribution in [0.2, 0.25) is 0 Å². The Balaban J connectivity index is 2.11. The molecule has 0 aliphatic rings. The summed E-state index contributed by atoms with van der Waals surface area (Å²) in [6, 6.07) is 9.84. The average molecular weight is 260 g/mol. The molecule has 0 spiro atoms. The molecule has 18 heavy (non-hydrogen) atoms. The van der Waals surface area contributed by atoms with Crippen LogP contribution in [0.3, 0.4) is 0 Å². The van der Waals surface area contributed by atoms with Crippen molar-refractivity contribution in [3.05, 3.63) is 47.0 Å². The van der Waals surface area contributed by atoms with E-state index >= 15 is 0 Å². The van der Waals surface area contributed by atoms with Crippen LogP contribution >= 0.6 is 11.3 Å². The van der Waals surface area contributed by atoms with Crippen molar-refractivity contribution in [2.75, 3.05) is 5.32 Å². The van der Waals surface area contributed by atoms with Crippen molar-refractivity contribution in [2.45, 2.75) is 26.2 Å². The Morgan fingerprint density at radius 3 is 2.67 bits per heavy atom. The fourth-order valence-electron chi connectivity index (χ4n) is 1.86. The van der Waals surface area contributed by atoms with Gasteiger partial charge in [-0.05, 0) is 18.9 Å². The highest BCUT2D eigenvalue weighted by Crippen LogP contribution is 2.23. The molecule has 2 aromatic rings. The topological polar surface area (TPSA) is 42.0 Å². The number of nitrogens with zero attached hydrogens (tertiary/aromatic N) is 1. The second-order valence-electron chi connectivity index (χ2n) is 4.14. The van der Waals surface area contributed by atoms with Gasteiger partial charge in [-0.2, -0.15) is 0 Å². The van der Waals surface area contributed by atoms with Crippen LogP contribution in [0.15, 0.2) is 36.5 Å². The van der Waals surface area contributed by atoms with Gasteiger partial charge in [-0.15, -0.1) is 11.3 Å². The minimum atomic E-state index is -0.115. The van der Waals surface area contributed by atoms with Gasteiger partial charge in [0.1, 0.15) is 0 Å². The van der Waals surface area contributed by atoms with Gasteiger partial charge < -0.3 is 5.32 Å². The third-order valence-electron chi connectivity index (χ3n) is 2.78. The normalized spacial score (nSPS) is 12.1. The lowest BCUT2D eigenvalue weighted by Gasteiger charge is -2.13. The minimum Gasteiger partial charge on any atom is -0.301 e. The molecule has 1 N–H and O–H groups in total. The first-order valence-corrected chi connectivity index (χ1v) is 6.80. The van der Waals surface area contributed by atoms with Crippen LogP contribution in [0.5, 0.6) is 0 Å². The van der Waals surface area contributed by atoms with Crippen LogP contribution in [0, 0.1) is 6.92 Å². The molecule has 1 amide bonds. The molecular weight excluding hydrogens is 244 g/mol. The monoisotopic (exact) mass is 260 g/mol. The van der Waals surface area contributed by atoms with E-state index in [0.29, 0.717) is 5.13 Å². The summed E-state index contributed by atoms with van der Waals surface area (Å²) >= 11 is 1.50. The van der Waals surface area contributed by atoms with Gasteiger partial charge in [-0.1, -0.05) is 37.3 Å². The smallest absolute Gasteiger partial charge is 0.233 e. The van der Waals surface area contributed by atoms with Gasteiger partial charge in [0, 0.05) is 11.1 Å². The highest BCUT2D eigenvalue weighted by Gasteiger charge is 2.19. The molecule has 1 heterocycles. The Morgan fingerprint density at radius 1 is 1.39 bits per heavy atom. The standard InChI is InChI=1S/C14H16N2OS/c1-3-12(11-7-5-4-6-8-11)13(17)16-14-15-9-10(2)18-14/h4-9,12H,3H2,1-2H3,(H,15,16,17)/t12-/m0/s1. The number of thiazole rings is 1. The summed E-state index contributed by atoms with van der Waals surface area (Å²) < 4.78 is 0. The van der Waals surface area contributed by atoms with E-state index in [1.165, 1.54) is 11.3 Å². The summed E-state index contributed by atoms with van der Waals surface area (Å²) in [5.41, 5.74) is 1.05. The first-order valence-electron chi connectivity index (χ1n) is 5.99. The number of aromatic nitrogens is 1. The summed E-state index contributed by atoms with van der Waals surface area (Å²) in [7, 11) is 0. The largest absolute Gasteiger partial charge is 0.301 e. The highest BCUT2D eigenvalue weighted by atomic mass is 32.1. The predicted octanol–water partition coefficient (Wildman–Crippen LogP) is 3.58. The third kappa shape index (κ3) is 2.96. The number of nitrogens with one attached hydrogen (secondary N) is 1. The maximum atomic E-state index is 12.2. The summed E-state index contributed by atoms with van der Waals surface area (Å²) in [6.07, 6.45) is 2.55. The molecule has 0 bridgehead atoms. The maximum absolute atomic E-state index is 12.2. The van der Waals surface area contributed by atoms with E-state index in [-0.39, 0.29) is 11.8 Å². The molecule has 2 rings (SSSR count). The van der Waals surface area contributed by atoms with Crippen molar-refractivity contribution in [3.63, 3.8) is 0 Å². The van der Waals surface area contributed by atoms with Crippen LogP contribution in [-0.2, 0) is 4.79 Å². The van der Waals surface area contributed by atoms with Crippen molar-refractivity contribution < 1.29 is 4.79 Å². The number of hydrogen-bond acceptors (Lipinski definition) is 3. The predicted molar refractivity (Wildman–Crippen MR) is 75.0 cm³/mol. The Bertz CT molecular complexity index is 522. The van der Waals surface area contributed by atoms with Gasteiger partial charge in [0.2, 0.25) is 5.91 Å². The number of amides is 1. The summed E-state index contributed by atoms with van der Waals surface area (Å²) in [5.74, 6) is -0.103. The van der Waals surface area contributed by atoms with Crippen molar-refractivity contribution in [2.24, 2.45) is 0 Å². The van der Waals surface area contributed by atoms with Gasteiger partial charge in [0.15, 0.2) is 5.13 Å². The van der Waals surface area contributed by atoms with Crippen LogP contribution in [0.4, 0.5) is 5.13 Å². The number of rotatable bonds is 4. The highest BCUT2D eigenvalue weighted by molar-refractivity contribution is 7.15. The van der Waals surface area contributed by atoms with E-state index in [1.54, 1.807) is 6.20 Å². The lowest BCUT2D eigenvalue weighted by molar-refractivity contribution is -0.117. The lowest BCUT2D eigenvalue weighted by atomic mass is 9.96. The van der Waals surface area contributed by atoms with Gasteiger partial charge >= 0.3 is 0 Å². The van der Waals surface area contributed by atoms with Gasteiger partial charge in [-0.3, -0.25) is 4.79 Å². The molecular formula is C14H16N2OS. The molecule has 1 aromatic carbocycles. The first kappa shape index (κ1) is 12.8. The molecule has 0 fully saturated rings. The number of aryl methyl sites for hydroxylation is 1. The van der Waals surface area contributed by atoms with Crippen molar-refractivity contribution in [1.82, 2.24) is 4.98 Å². The first-order chi connectivity index (χ1) is 8.70. The summed E-state index contributed by atoms with van der Waals surface area (Å²) in [5, 5.41) is 3.55. The Hall–Kier alpha value is -1.68. The van der Waals surface area contributed by atoms with E-state index in [2.05, 4.69) is 10.3 Å². The Labute approximate surface area is 111 Å². The van der Waals surface area contributed by atoms with Crippen molar-refractivity contribution >= 4 is 22.4 Å². The molecule has 0 saturated heterocycles. The number of carbonyl (C=O) groups excluding carboxylic acids is 1. The molecule has 0 saturated carbocycles. The Kier molecular flexibility index (Phi) is 4.10. The van der Waals surface area contributed by atoms with E-state index in [0.717, 1.165) is 16.9 Å². The second kappa shape index (κ2) is 5.78. The summed E-state index contributed by atoms with van der Waals surface area (Å²) in [6.45, 7) is 3.99. The van der Waals surface area contributed by atoms with E-state index in [4.69, 9.17) is 0 Å². The quantitative estimate of drug-likeness (QED) is 0.913. The molecule has 94 valence electrons. The van der Waals surface area contributed by atoms with Gasteiger partial charge in [0.05, 0.1) is 5.92 Å². The molecule has 1 aromatic heterocycles. The summed E-state index contributed by atoms with van der Waals surface area (Å²) in [4.78, 5) is 17.5. The molecule has 0 aliphatic heterocycles. The number of carbonyl (C=O) groups is 1. The van der Waals surface area contributed by atoms with Gasteiger partial charge in [0.25, 0.3) is 0 Å². The number of benzene rings is 1. The zero-order valence-electron chi connectivity index (χ0n) is 10.5. The van der Waals surface area contributed by atoms with Crippen molar-refractivity contribution in [3.8, 4) is 0 Å².